The van der Waals surface area contributed by atoms with Crippen LogP contribution in [0.2, 0.25) is 0 Å². The van der Waals surface area contributed by atoms with Crippen LogP contribution in [0, 0.1) is 0 Å². The van der Waals surface area contributed by atoms with Crippen molar-refractivity contribution in [1.29, 1.82) is 0 Å². The minimum Gasteiger partial charge on any atom is -0.310 e. The summed E-state index contributed by atoms with van der Waals surface area (Å²) >= 11 is 0. The van der Waals surface area contributed by atoms with Gasteiger partial charge in [0.15, 0.2) is 0 Å². The summed E-state index contributed by atoms with van der Waals surface area (Å²) in [5, 5.41) is 1.85. The molecule has 0 saturated carbocycles. The van der Waals surface area contributed by atoms with E-state index < -0.39 is 35.6 Å². The molecule has 258 valence electrons. The lowest BCUT2D eigenvalue weighted by molar-refractivity contribution is 0.785. The molecule has 9 aromatic carbocycles. The summed E-state index contributed by atoms with van der Waals surface area (Å²) in [6, 6.07) is 56.6. The van der Waals surface area contributed by atoms with Gasteiger partial charge in [-0.2, -0.15) is 0 Å². The first-order chi connectivity index (χ1) is 30.2. The molecule has 55 heavy (non-hydrogen) atoms. The Labute approximate surface area is 330 Å². The molecule has 0 fully saturated rings. The maximum atomic E-state index is 10.0. The van der Waals surface area contributed by atoms with Crippen molar-refractivity contribution < 1.29 is 9.60 Å². The fourth-order valence-electron chi connectivity index (χ4n) is 8.99. The molecule has 0 amide bonds. The van der Waals surface area contributed by atoms with Gasteiger partial charge in [-0.1, -0.05) is 158 Å². The average Bonchev–Trinajstić information content (AvgIpc) is 3.81. The minimum atomic E-state index is -1.42. The van der Waals surface area contributed by atoms with E-state index in [2.05, 4.69) is 94.4 Å². The molecule has 0 N–H and O–H groups in total. The van der Waals surface area contributed by atoms with Gasteiger partial charge < -0.3 is 9.47 Å². The monoisotopic (exact) mass is 707 g/mol. The first-order valence-corrected chi connectivity index (χ1v) is 18.5. The number of hydrogen-bond donors (Lipinski definition) is 0. The van der Waals surface area contributed by atoms with Crippen molar-refractivity contribution >= 4 is 49.6 Å². The molecular formula is C53H36N2. The van der Waals surface area contributed by atoms with Crippen LogP contribution in [0.1, 0.15) is 31.8 Å². The zero-order chi connectivity index (χ0) is 42.4. The molecule has 0 bridgehead atoms. The van der Waals surface area contributed by atoms with Crippen LogP contribution in [-0.4, -0.2) is 4.57 Å². The van der Waals surface area contributed by atoms with Gasteiger partial charge in [-0.15, -0.1) is 0 Å². The van der Waals surface area contributed by atoms with Gasteiger partial charge in [-0.05, 0) is 105 Å². The molecular weight excluding hydrogens is 665 g/mol. The van der Waals surface area contributed by atoms with Gasteiger partial charge in [0, 0.05) is 33.5 Å². The molecule has 2 nitrogen and oxygen atoms in total. The Hall–Kier alpha value is -7.16. The van der Waals surface area contributed by atoms with E-state index >= 15 is 0 Å². The van der Waals surface area contributed by atoms with E-state index in [0.717, 1.165) is 72.4 Å². The van der Waals surface area contributed by atoms with E-state index in [1.807, 2.05) is 91.0 Å². The van der Waals surface area contributed by atoms with Crippen molar-refractivity contribution in [2.75, 3.05) is 4.90 Å². The predicted molar refractivity (Wildman–Crippen MR) is 230 cm³/mol. The van der Waals surface area contributed by atoms with Gasteiger partial charge in [0.25, 0.3) is 0 Å². The molecule has 1 heterocycles. The van der Waals surface area contributed by atoms with Crippen LogP contribution in [0.25, 0.3) is 49.4 Å². The molecule has 1 aliphatic carbocycles. The Bertz CT molecular complexity index is 3390. The average molecular weight is 708 g/mol. The lowest BCUT2D eigenvalue weighted by Crippen LogP contribution is -2.29. The third-order valence-corrected chi connectivity index (χ3v) is 11.1. The Balaban J connectivity index is 1.36. The predicted octanol–water partition coefficient (Wildman–Crippen LogP) is 13.8. The summed E-state index contributed by atoms with van der Waals surface area (Å²) in [6.07, 6.45) is 0. The molecule has 11 rings (SSSR count). The zero-order valence-corrected chi connectivity index (χ0v) is 29.6. The van der Waals surface area contributed by atoms with Crippen LogP contribution in [0.5, 0.6) is 0 Å². The van der Waals surface area contributed by atoms with E-state index in [9.17, 15) is 6.85 Å². The lowest BCUT2D eigenvalue weighted by atomic mass is 9.65. The molecule has 1 aliphatic rings. The van der Waals surface area contributed by atoms with E-state index in [1.54, 1.807) is 0 Å². The SMILES string of the molecule is [2H]c1c([2H])c([2H])c2c(C3(c4cccc5c4c4ccccc4n5-c4ccccc4)c4ccccc4-c4cc(N(c5ccccc5)c5ccccc5)ccc43)c([2H])c([2H])c([2H])c2c1[2H]. The normalized spacial score (nSPS) is 16.4. The minimum absolute atomic E-state index is 0.0627. The highest BCUT2D eigenvalue weighted by molar-refractivity contribution is 6.13. The van der Waals surface area contributed by atoms with Crippen molar-refractivity contribution in [3.63, 3.8) is 0 Å². The van der Waals surface area contributed by atoms with Crippen molar-refractivity contribution in [3.8, 4) is 16.8 Å². The van der Waals surface area contributed by atoms with Gasteiger partial charge in [-0.3, -0.25) is 0 Å². The quantitative estimate of drug-likeness (QED) is 0.167. The number of para-hydroxylation sites is 4. The second-order valence-corrected chi connectivity index (χ2v) is 13.9. The van der Waals surface area contributed by atoms with Crippen LogP contribution in [0.4, 0.5) is 17.1 Å². The summed E-state index contributed by atoms with van der Waals surface area (Å²) in [4.78, 5) is 2.20. The van der Waals surface area contributed by atoms with Crippen molar-refractivity contribution in [2.45, 2.75) is 5.41 Å². The number of hydrogen-bond acceptors (Lipinski definition) is 1. The van der Waals surface area contributed by atoms with Crippen molar-refractivity contribution in [1.82, 2.24) is 4.57 Å². The van der Waals surface area contributed by atoms with E-state index in [1.165, 1.54) is 0 Å². The van der Waals surface area contributed by atoms with Gasteiger partial charge in [-0.25, -0.2) is 0 Å². The van der Waals surface area contributed by atoms with Crippen LogP contribution in [0.15, 0.2) is 218 Å². The second kappa shape index (κ2) is 12.5. The first kappa shape index (κ1) is 25.0. The highest BCUT2D eigenvalue weighted by atomic mass is 15.1. The molecule has 1 aromatic heterocycles. The number of anilines is 3. The van der Waals surface area contributed by atoms with Crippen LogP contribution < -0.4 is 4.90 Å². The maximum absolute atomic E-state index is 10.0. The summed E-state index contributed by atoms with van der Waals surface area (Å²) in [6.45, 7) is 0. The first-order valence-electron chi connectivity index (χ1n) is 22.0. The fourth-order valence-corrected chi connectivity index (χ4v) is 8.99. The Kier molecular flexibility index (Phi) is 5.66. The van der Waals surface area contributed by atoms with Gasteiger partial charge in [0.2, 0.25) is 0 Å². The summed E-state index contributed by atoms with van der Waals surface area (Å²) in [5.74, 6) is 0. The molecule has 0 radical (unpaired) electrons. The lowest BCUT2D eigenvalue weighted by Gasteiger charge is -2.36. The Morgan fingerprint density at radius 2 is 1.04 bits per heavy atom. The Morgan fingerprint density at radius 3 is 1.84 bits per heavy atom. The molecule has 10 aromatic rings. The van der Waals surface area contributed by atoms with Crippen LogP contribution >= 0.6 is 0 Å². The third-order valence-electron chi connectivity index (χ3n) is 11.1. The molecule has 0 saturated heterocycles. The fraction of sp³-hybridized carbons (Fsp3) is 0.0189. The number of benzene rings is 9. The number of fused-ring (bicyclic) bond motifs is 7. The van der Waals surface area contributed by atoms with Crippen molar-refractivity contribution in [3.05, 3.63) is 240 Å². The van der Waals surface area contributed by atoms with E-state index in [4.69, 9.17) is 2.74 Å². The number of nitrogens with zero attached hydrogens (tertiary/aromatic N) is 2. The summed E-state index contributed by atoms with van der Waals surface area (Å²) < 4.78 is 67.2. The maximum Gasteiger partial charge on any atom is 0.0726 e. The van der Waals surface area contributed by atoms with E-state index in [-0.39, 0.29) is 28.4 Å². The second-order valence-electron chi connectivity index (χ2n) is 13.9. The van der Waals surface area contributed by atoms with Crippen LogP contribution in [0.3, 0.4) is 0 Å². The molecule has 1 atom stereocenters. The number of aromatic nitrogens is 1. The molecule has 1 unspecified atom stereocenters. The molecule has 0 spiro atoms. The van der Waals surface area contributed by atoms with E-state index in [0.29, 0.717) is 0 Å². The van der Waals surface area contributed by atoms with Crippen LogP contribution in [-0.2, 0) is 5.41 Å². The highest BCUT2D eigenvalue weighted by Crippen LogP contribution is 2.60. The summed E-state index contributed by atoms with van der Waals surface area (Å²) in [7, 11) is 0. The molecule has 2 heteroatoms. The smallest absolute Gasteiger partial charge is 0.0726 e. The molecule has 0 aliphatic heterocycles. The van der Waals surface area contributed by atoms with Gasteiger partial charge in [0.05, 0.1) is 26.0 Å². The zero-order valence-electron chi connectivity index (χ0n) is 36.6. The third kappa shape index (κ3) is 4.62. The highest BCUT2D eigenvalue weighted by Gasteiger charge is 2.48. The van der Waals surface area contributed by atoms with Gasteiger partial charge in [0.1, 0.15) is 0 Å². The topological polar surface area (TPSA) is 8.17 Å². The largest absolute Gasteiger partial charge is 0.310 e. The summed E-state index contributed by atoms with van der Waals surface area (Å²) in [5.41, 5.74) is 8.68. The number of rotatable bonds is 6. The Morgan fingerprint density at radius 1 is 0.418 bits per heavy atom. The van der Waals surface area contributed by atoms with Gasteiger partial charge >= 0.3 is 0 Å². The standard InChI is InChI=1S/C53H36N2/c1-4-20-38(21-5-1)54(39-22-6-2-7-23-39)41-34-35-48-45(36-41)43-27-12-14-29-47(43)53(48,46-30-16-19-37-18-10-11-26-42(37)46)49-31-17-33-51-52(49)44-28-13-15-32-50(44)55(51)40-24-8-3-9-25-40/h1-36H/i10D,11D,16D,18D,19D,26D,30D. The van der Waals surface area contributed by atoms with Crippen molar-refractivity contribution in [2.24, 2.45) is 0 Å².